The second-order valence-electron chi connectivity index (χ2n) is 4.76. The third-order valence-corrected chi connectivity index (χ3v) is 4.00. The summed E-state index contributed by atoms with van der Waals surface area (Å²) in [6.45, 7) is 0.390. The van der Waals surface area contributed by atoms with Crippen LogP contribution in [0.4, 0.5) is 0 Å². The Balaban J connectivity index is 2.21. The highest BCUT2D eigenvalue weighted by atomic mass is 79.9. The lowest BCUT2D eigenvalue weighted by Gasteiger charge is -2.09. The summed E-state index contributed by atoms with van der Waals surface area (Å²) in [4.78, 5) is 4.69. The first-order valence-corrected chi connectivity index (χ1v) is 7.56. The number of ether oxygens (including phenoxy) is 2. The molecule has 0 spiro atoms. The average molecular weight is 362 g/mol. The van der Waals surface area contributed by atoms with E-state index in [0.29, 0.717) is 18.0 Å². The molecule has 22 heavy (non-hydrogen) atoms. The molecule has 5 nitrogen and oxygen atoms in total. The number of nitrogens with two attached hydrogens (primary N) is 1. The van der Waals surface area contributed by atoms with Gasteiger partial charge in [0.1, 0.15) is 5.65 Å². The van der Waals surface area contributed by atoms with E-state index in [1.54, 1.807) is 14.2 Å². The molecule has 0 unspecified atom stereocenters. The van der Waals surface area contributed by atoms with Gasteiger partial charge in [-0.15, -0.1) is 0 Å². The first-order chi connectivity index (χ1) is 10.7. The fraction of sp³-hybridized carbons (Fsp3) is 0.188. The molecule has 2 heterocycles. The molecule has 0 aliphatic rings. The monoisotopic (exact) mass is 361 g/mol. The summed E-state index contributed by atoms with van der Waals surface area (Å²) < 4.78 is 13.6. The summed E-state index contributed by atoms with van der Waals surface area (Å²) in [6, 6.07) is 9.65. The van der Waals surface area contributed by atoms with Crippen LogP contribution in [0, 0.1) is 0 Å². The number of methoxy groups -OCH3 is 2. The quantitative estimate of drug-likeness (QED) is 0.774. The molecule has 2 N–H and O–H groups in total. The number of rotatable bonds is 4. The number of halogens is 1. The van der Waals surface area contributed by atoms with Crippen LogP contribution in [-0.4, -0.2) is 23.6 Å². The SMILES string of the molecule is COc1ccc(-c2nc3ccc(Br)cn3c2CN)cc1OC. The first-order valence-electron chi connectivity index (χ1n) is 6.77. The minimum Gasteiger partial charge on any atom is -0.493 e. The van der Waals surface area contributed by atoms with E-state index in [2.05, 4.69) is 15.9 Å². The molecule has 0 saturated carbocycles. The number of nitrogens with zero attached hydrogens (tertiary/aromatic N) is 2. The number of fused-ring (bicyclic) bond motifs is 1. The van der Waals surface area contributed by atoms with Crippen LogP contribution < -0.4 is 15.2 Å². The van der Waals surface area contributed by atoms with E-state index in [-0.39, 0.29) is 0 Å². The van der Waals surface area contributed by atoms with Crippen molar-refractivity contribution in [3.8, 4) is 22.8 Å². The highest BCUT2D eigenvalue weighted by molar-refractivity contribution is 9.10. The highest BCUT2D eigenvalue weighted by Crippen LogP contribution is 2.33. The summed E-state index contributed by atoms with van der Waals surface area (Å²) in [5.74, 6) is 1.35. The Bertz CT molecular complexity index is 830. The van der Waals surface area contributed by atoms with Crippen molar-refractivity contribution < 1.29 is 9.47 Å². The van der Waals surface area contributed by atoms with Gasteiger partial charge in [0, 0.05) is 22.8 Å². The van der Waals surface area contributed by atoms with Crippen molar-refractivity contribution in [1.29, 1.82) is 0 Å². The summed E-state index contributed by atoms with van der Waals surface area (Å²) in [7, 11) is 3.23. The lowest BCUT2D eigenvalue weighted by atomic mass is 10.1. The molecule has 114 valence electrons. The van der Waals surface area contributed by atoms with Crippen LogP contribution in [0.25, 0.3) is 16.9 Å². The van der Waals surface area contributed by atoms with Gasteiger partial charge in [-0.25, -0.2) is 4.98 Å². The van der Waals surface area contributed by atoms with Crippen molar-refractivity contribution in [1.82, 2.24) is 9.38 Å². The van der Waals surface area contributed by atoms with E-state index >= 15 is 0 Å². The van der Waals surface area contributed by atoms with Gasteiger partial charge in [0.25, 0.3) is 0 Å². The Morgan fingerprint density at radius 2 is 1.91 bits per heavy atom. The summed E-state index contributed by atoms with van der Waals surface area (Å²) >= 11 is 3.48. The molecule has 0 aliphatic heterocycles. The fourth-order valence-electron chi connectivity index (χ4n) is 2.48. The van der Waals surface area contributed by atoms with Crippen molar-refractivity contribution in [3.63, 3.8) is 0 Å². The zero-order valence-electron chi connectivity index (χ0n) is 12.3. The zero-order valence-corrected chi connectivity index (χ0v) is 13.9. The van der Waals surface area contributed by atoms with E-state index in [4.69, 9.17) is 20.2 Å². The molecule has 0 saturated heterocycles. The predicted octanol–water partition coefficient (Wildman–Crippen LogP) is 3.24. The molecule has 0 bridgehead atoms. The van der Waals surface area contributed by atoms with E-state index < -0.39 is 0 Å². The molecular weight excluding hydrogens is 346 g/mol. The van der Waals surface area contributed by atoms with Crippen molar-refractivity contribution in [3.05, 3.63) is 46.7 Å². The fourth-order valence-corrected chi connectivity index (χ4v) is 2.81. The molecule has 2 aromatic heterocycles. The van der Waals surface area contributed by atoms with Gasteiger partial charge in [-0.05, 0) is 46.3 Å². The van der Waals surface area contributed by atoms with E-state index in [9.17, 15) is 0 Å². The number of pyridine rings is 1. The normalized spacial score (nSPS) is 10.9. The number of hydrogen-bond donors (Lipinski definition) is 1. The largest absolute Gasteiger partial charge is 0.493 e. The molecule has 0 fully saturated rings. The molecule has 3 aromatic rings. The molecule has 0 atom stereocenters. The van der Waals surface area contributed by atoms with Crippen LogP contribution in [-0.2, 0) is 6.54 Å². The van der Waals surface area contributed by atoms with Crippen LogP contribution in [0.1, 0.15) is 5.69 Å². The van der Waals surface area contributed by atoms with Crippen molar-refractivity contribution in [2.24, 2.45) is 5.73 Å². The number of benzene rings is 1. The summed E-state index contributed by atoms with van der Waals surface area (Å²) in [6.07, 6.45) is 1.97. The second-order valence-corrected chi connectivity index (χ2v) is 5.67. The number of aromatic nitrogens is 2. The number of hydrogen-bond acceptors (Lipinski definition) is 4. The van der Waals surface area contributed by atoms with Gasteiger partial charge in [-0.1, -0.05) is 0 Å². The van der Waals surface area contributed by atoms with Gasteiger partial charge in [0.15, 0.2) is 11.5 Å². The third-order valence-electron chi connectivity index (χ3n) is 3.53. The Kier molecular flexibility index (Phi) is 4.04. The van der Waals surface area contributed by atoms with Gasteiger partial charge < -0.3 is 19.6 Å². The molecule has 1 aromatic carbocycles. The summed E-state index contributed by atoms with van der Waals surface area (Å²) in [5.41, 5.74) is 9.54. The minimum absolute atomic E-state index is 0.390. The standard InChI is InChI=1S/C16H16BrN3O2/c1-21-13-5-3-10(7-14(13)22-2)16-12(8-18)20-9-11(17)4-6-15(20)19-16/h3-7,9H,8,18H2,1-2H3. The maximum Gasteiger partial charge on any atom is 0.161 e. The van der Waals surface area contributed by atoms with Crippen molar-refractivity contribution >= 4 is 21.6 Å². The molecule has 0 radical (unpaired) electrons. The van der Waals surface area contributed by atoms with Crippen LogP contribution >= 0.6 is 15.9 Å². The average Bonchev–Trinajstić information content (AvgIpc) is 2.91. The summed E-state index contributed by atoms with van der Waals surface area (Å²) in [5, 5.41) is 0. The Hall–Kier alpha value is -2.05. The Morgan fingerprint density at radius 1 is 1.14 bits per heavy atom. The van der Waals surface area contributed by atoms with Gasteiger partial charge in [0.2, 0.25) is 0 Å². The van der Waals surface area contributed by atoms with Gasteiger partial charge in [-0.2, -0.15) is 0 Å². The zero-order chi connectivity index (χ0) is 15.7. The lowest BCUT2D eigenvalue weighted by Crippen LogP contribution is -2.02. The van der Waals surface area contributed by atoms with Crippen LogP contribution in [0.3, 0.4) is 0 Å². The van der Waals surface area contributed by atoms with Crippen LogP contribution in [0.15, 0.2) is 41.0 Å². The lowest BCUT2D eigenvalue weighted by molar-refractivity contribution is 0.355. The van der Waals surface area contributed by atoms with Crippen molar-refractivity contribution in [2.45, 2.75) is 6.54 Å². The van der Waals surface area contributed by atoms with Crippen molar-refractivity contribution in [2.75, 3.05) is 14.2 Å². The topological polar surface area (TPSA) is 61.8 Å². The maximum absolute atomic E-state index is 5.94. The highest BCUT2D eigenvalue weighted by Gasteiger charge is 2.15. The third kappa shape index (κ3) is 2.44. The first kappa shape index (κ1) is 14.9. The van der Waals surface area contributed by atoms with Gasteiger partial charge in [-0.3, -0.25) is 0 Å². The molecule has 3 rings (SSSR count). The molecule has 6 heteroatoms. The second kappa shape index (κ2) is 5.98. The van der Waals surface area contributed by atoms with Crippen LogP contribution in [0.5, 0.6) is 11.5 Å². The minimum atomic E-state index is 0.390. The predicted molar refractivity (Wildman–Crippen MR) is 89.3 cm³/mol. The maximum atomic E-state index is 5.94. The smallest absolute Gasteiger partial charge is 0.161 e. The molecule has 0 aliphatic carbocycles. The van der Waals surface area contributed by atoms with Gasteiger partial charge in [0.05, 0.1) is 25.6 Å². The van der Waals surface area contributed by atoms with E-state index in [1.165, 1.54) is 0 Å². The molecular formula is C16H16BrN3O2. The van der Waals surface area contributed by atoms with Crippen LogP contribution in [0.2, 0.25) is 0 Å². The number of imidazole rings is 1. The Morgan fingerprint density at radius 3 is 2.59 bits per heavy atom. The van der Waals surface area contributed by atoms with E-state index in [1.807, 2.05) is 40.9 Å². The van der Waals surface area contributed by atoms with E-state index in [0.717, 1.165) is 27.1 Å². The molecule has 0 amide bonds. The Labute approximate surface area is 136 Å². The van der Waals surface area contributed by atoms with Gasteiger partial charge >= 0.3 is 0 Å².